The van der Waals surface area contributed by atoms with Crippen molar-refractivity contribution in [3.05, 3.63) is 41.2 Å². The molecule has 2 aromatic heterocycles. The monoisotopic (exact) mass is 439 g/mol. The number of piperidine rings is 1. The van der Waals surface area contributed by atoms with Gasteiger partial charge in [0.1, 0.15) is 5.75 Å². The van der Waals surface area contributed by atoms with Crippen LogP contribution in [0.15, 0.2) is 34.0 Å². The molecule has 1 amide bonds. The first-order valence-corrected chi connectivity index (χ1v) is 10.4. The molecule has 4 N–H and O–H groups in total. The molecule has 0 aliphatic carbocycles. The van der Waals surface area contributed by atoms with Crippen LogP contribution >= 0.6 is 0 Å². The van der Waals surface area contributed by atoms with Gasteiger partial charge in [-0.05, 0) is 55.7 Å². The Morgan fingerprint density at radius 1 is 1.34 bits per heavy atom. The number of aromatic nitrogens is 5. The first-order chi connectivity index (χ1) is 15.5. The van der Waals surface area contributed by atoms with Gasteiger partial charge >= 0.3 is 0 Å². The molecular formula is C20H25N9O3. The van der Waals surface area contributed by atoms with Crippen molar-refractivity contribution in [3.63, 3.8) is 0 Å². The Hall–Kier alpha value is -3.80. The molecule has 3 aromatic rings. The van der Waals surface area contributed by atoms with Crippen molar-refractivity contribution in [2.75, 3.05) is 12.3 Å². The molecule has 0 radical (unpaired) electrons. The lowest BCUT2D eigenvalue weighted by atomic mass is 10.0. The number of carbonyl (C=O) groups is 1. The van der Waals surface area contributed by atoms with Crippen LogP contribution in [0.3, 0.4) is 0 Å². The number of nitrogens with one attached hydrogen (secondary N) is 1. The molecule has 1 unspecified atom stereocenters. The summed E-state index contributed by atoms with van der Waals surface area (Å²) in [5, 5.41) is 29.6. The third-order valence-corrected chi connectivity index (χ3v) is 5.59. The molecule has 1 aromatic carbocycles. The van der Waals surface area contributed by atoms with E-state index in [1.807, 2.05) is 0 Å². The van der Waals surface area contributed by atoms with Crippen molar-refractivity contribution in [3.8, 4) is 11.6 Å². The van der Waals surface area contributed by atoms with Crippen molar-refractivity contribution >= 4 is 17.4 Å². The van der Waals surface area contributed by atoms with Crippen LogP contribution in [-0.4, -0.2) is 59.5 Å². The number of hydrazone groups is 1. The Balaban J connectivity index is 1.63. The van der Waals surface area contributed by atoms with Crippen LogP contribution in [-0.2, 0) is 6.54 Å². The zero-order chi connectivity index (χ0) is 22.7. The van der Waals surface area contributed by atoms with Gasteiger partial charge in [-0.1, -0.05) is 23.8 Å². The van der Waals surface area contributed by atoms with Crippen LogP contribution < -0.4 is 11.2 Å². The molecule has 1 aliphatic heterocycles. The SMILES string of the molecule is C/C(=N\NC(=O)c1nnn(-c2nonc2N)c1CN1CCCCC1C)c1ccccc1O. The number of benzene rings is 1. The van der Waals surface area contributed by atoms with Gasteiger partial charge in [0.25, 0.3) is 5.91 Å². The lowest BCUT2D eigenvalue weighted by molar-refractivity contribution is 0.0944. The number of nitrogens with two attached hydrogens (primary N) is 1. The number of likely N-dealkylation sites (tertiary alicyclic amines) is 1. The van der Waals surface area contributed by atoms with Crippen LogP contribution in [0.4, 0.5) is 5.82 Å². The summed E-state index contributed by atoms with van der Waals surface area (Å²) in [6.07, 6.45) is 3.31. The van der Waals surface area contributed by atoms with E-state index in [0.29, 0.717) is 29.6 Å². The summed E-state index contributed by atoms with van der Waals surface area (Å²) >= 11 is 0. The summed E-state index contributed by atoms with van der Waals surface area (Å²) in [7, 11) is 0. The Kier molecular flexibility index (Phi) is 6.12. The van der Waals surface area contributed by atoms with Gasteiger partial charge in [0.05, 0.1) is 11.4 Å². The van der Waals surface area contributed by atoms with Gasteiger partial charge in [-0.25, -0.2) is 10.1 Å². The highest BCUT2D eigenvalue weighted by molar-refractivity contribution is 6.02. The van der Waals surface area contributed by atoms with E-state index >= 15 is 0 Å². The molecule has 168 valence electrons. The third-order valence-electron chi connectivity index (χ3n) is 5.59. The van der Waals surface area contributed by atoms with Crippen LogP contribution in [0.5, 0.6) is 5.75 Å². The molecule has 0 saturated carbocycles. The molecule has 1 aliphatic rings. The molecule has 4 rings (SSSR count). The zero-order valence-electron chi connectivity index (χ0n) is 17.9. The predicted octanol–water partition coefficient (Wildman–Crippen LogP) is 1.47. The Morgan fingerprint density at radius 2 is 2.16 bits per heavy atom. The maximum absolute atomic E-state index is 13.0. The fourth-order valence-corrected chi connectivity index (χ4v) is 3.74. The van der Waals surface area contributed by atoms with Crippen molar-refractivity contribution in [1.82, 2.24) is 35.6 Å². The number of amides is 1. The quantitative estimate of drug-likeness (QED) is 0.381. The van der Waals surface area contributed by atoms with E-state index in [-0.39, 0.29) is 23.1 Å². The van der Waals surface area contributed by atoms with Gasteiger partial charge < -0.3 is 10.8 Å². The minimum atomic E-state index is -0.541. The number of nitrogen functional groups attached to an aromatic ring is 1. The number of para-hydroxylation sites is 1. The first kappa shape index (κ1) is 21.4. The lowest BCUT2D eigenvalue weighted by Crippen LogP contribution is -2.38. The Morgan fingerprint density at radius 3 is 2.88 bits per heavy atom. The number of phenolic OH excluding ortho intramolecular Hbond substituents is 1. The average molecular weight is 439 g/mol. The molecule has 1 fully saturated rings. The molecule has 12 heteroatoms. The highest BCUT2D eigenvalue weighted by atomic mass is 16.6. The van der Waals surface area contributed by atoms with Crippen molar-refractivity contribution in [2.45, 2.75) is 45.7 Å². The summed E-state index contributed by atoms with van der Waals surface area (Å²) in [5.41, 5.74) is 9.91. The predicted molar refractivity (Wildman–Crippen MR) is 115 cm³/mol. The molecule has 1 atom stereocenters. The summed E-state index contributed by atoms with van der Waals surface area (Å²) in [6, 6.07) is 7.09. The van der Waals surface area contributed by atoms with Gasteiger partial charge in [0.15, 0.2) is 5.69 Å². The molecule has 3 heterocycles. The van der Waals surface area contributed by atoms with Gasteiger partial charge in [-0.15, -0.1) is 5.10 Å². The van der Waals surface area contributed by atoms with Crippen LogP contribution in [0, 0.1) is 0 Å². The van der Waals surface area contributed by atoms with E-state index in [9.17, 15) is 9.90 Å². The van der Waals surface area contributed by atoms with E-state index in [2.05, 4.69) is 43.0 Å². The van der Waals surface area contributed by atoms with Crippen LogP contribution in [0.2, 0.25) is 0 Å². The minimum Gasteiger partial charge on any atom is -0.507 e. The van der Waals surface area contributed by atoms with Gasteiger partial charge in [0, 0.05) is 18.2 Å². The molecule has 1 saturated heterocycles. The number of anilines is 1. The highest BCUT2D eigenvalue weighted by Crippen LogP contribution is 2.23. The second-order valence-electron chi connectivity index (χ2n) is 7.74. The maximum Gasteiger partial charge on any atom is 0.293 e. The van der Waals surface area contributed by atoms with E-state index in [4.69, 9.17) is 10.4 Å². The summed E-state index contributed by atoms with van der Waals surface area (Å²) < 4.78 is 6.08. The number of hydrogen-bond donors (Lipinski definition) is 3. The van der Waals surface area contributed by atoms with Crippen LogP contribution in [0.1, 0.15) is 54.9 Å². The Bertz CT molecular complexity index is 1140. The summed E-state index contributed by atoms with van der Waals surface area (Å²) in [4.78, 5) is 15.2. The van der Waals surface area contributed by atoms with Crippen molar-refractivity contribution < 1.29 is 14.5 Å². The maximum atomic E-state index is 13.0. The van der Waals surface area contributed by atoms with Gasteiger partial charge in [-0.3, -0.25) is 9.69 Å². The normalized spacial score (nSPS) is 17.4. The topological polar surface area (TPSA) is 161 Å². The highest BCUT2D eigenvalue weighted by Gasteiger charge is 2.28. The smallest absolute Gasteiger partial charge is 0.293 e. The Labute approximate surface area is 184 Å². The zero-order valence-corrected chi connectivity index (χ0v) is 17.9. The molecule has 0 spiro atoms. The fraction of sp³-hybridized carbons (Fsp3) is 0.400. The number of phenols is 1. The second-order valence-corrected chi connectivity index (χ2v) is 7.74. The fourth-order valence-electron chi connectivity index (χ4n) is 3.74. The standard InChI is InChI=1S/C20H25N9O3/c1-12-7-5-6-10-28(12)11-15-17(23-27-29(15)19-18(21)25-32-26-19)20(31)24-22-13(2)14-8-3-4-9-16(14)30/h3-4,8-9,12,30H,5-7,10-11H2,1-2H3,(H2,21,25)(H,24,31)/b22-13+. The number of rotatable bonds is 6. The van der Waals surface area contributed by atoms with E-state index in [1.54, 1.807) is 31.2 Å². The summed E-state index contributed by atoms with van der Waals surface area (Å²) in [5.74, 6) is -0.253. The molecule has 0 bridgehead atoms. The van der Waals surface area contributed by atoms with Crippen molar-refractivity contribution in [2.24, 2.45) is 5.10 Å². The minimum absolute atomic E-state index is 0.0446. The third kappa shape index (κ3) is 4.30. The molecular weight excluding hydrogens is 414 g/mol. The van der Waals surface area contributed by atoms with E-state index < -0.39 is 5.91 Å². The second kappa shape index (κ2) is 9.14. The number of nitrogens with zero attached hydrogens (tertiary/aromatic N) is 7. The number of hydrogen-bond acceptors (Lipinski definition) is 10. The first-order valence-electron chi connectivity index (χ1n) is 10.4. The van der Waals surface area contributed by atoms with E-state index in [0.717, 1.165) is 19.4 Å². The summed E-state index contributed by atoms with van der Waals surface area (Å²) in [6.45, 7) is 5.15. The molecule has 32 heavy (non-hydrogen) atoms. The number of aromatic hydroxyl groups is 1. The average Bonchev–Trinajstić information content (AvgIpc) is 3.39. The van der Waals surface area contributed by atoms with Crippen LogP contribution in [0.25, 0.3) is 5.82 Å². The van der Waals surface area contributed by atoms with E-state index in [1.165, 1.54) is 11.1 Å². The number of carbonyl (C=O) groups excluding carboxylic acids is 1. The lowest BCUT2D eigenvalue weighted by Gasteiger charge is -2.33. The van der Waals surface area contributed by atoms with Gasteiger partial charge in [-0.2, -0.15) is 9.78 Å². The van der Waals surface area contributed by atoms with Gasteiger partial charge in [0.2, 0.25) is 11.6 Å². The van der Waals surface area contributed by atoms with Crippen molar-refractivity contribution in [1.29, 1.82) is 0 Å². The molecule has 12 nitrogen and oxygen atoms in total. The largest absolute Gasteiger partial charge is 0.507 e.